The van der Waals surface area contributed by atoms with Gasteiger partial charge in [-0.05, 0) is 49.2 Å². The van der Waals surface area contributed by atoms with Gasteiger partial charge in [-0.15, -0.1) is 0 Å². The summed E-state index contributed by atoms with van der Waals surface area (Å²) in [5.41, 5.74) is 0. The molecule has 1 N–H and O–H groups in total. The van der Waals surface area contributed by atoms with Crippen LogP contribution in [-0.4, -0.2) is 16.8 Å². The lowest BCUT2D eigenvalue weighted by molar-refractivity contribution is -0.151. The monoisotopic (exact) mass is 200 g/mol. The second kappa shape index (κ2) is 3.52. The Hall–Kier alpha value is -0.180. The first-order valence-electron chi connectivity index (χ1n) is 5.07. The second-order valence-corrected chi connectivity index (χ2v) is 4.75. The van der Waals surface area contributed by atoms with Gasteiger partial charge < -0.3 is 5.11 Å². The van der Waals surface area contributed by atoms with Crippen molar-refractivity contribution in [3.63, 3.8) is 0 Å². The molecule has 3 fully saturated rings. The number of thiol groups is 1. The molecule has 3 aliphatic rings. The summed E-state index contributed by atoms with van der Waals surface area (Å²) >= 11 is 4.29. The van der Waals surface area contributed by atoms with E-state index in [1.807, 2.05) is 0 Å². The summed E-state index contributed by atoms with van der Waals surface area (Å²) in [4.78, 5) is 11.1. The first kappa shape index (κ1) is 9.38. The van der Waals surface area contributed by atoms with Crippen molar-refractivity contribution in [2.24, 2.45) is 23.7 Å². The molecule has 0 spiro atoms. The van der Waals surface area contributed by atoms with Gasteiger partial charge in [0, 0.05) is 0 Å². The zero-order chi connectivity index (χ0) is 9.42. The van der Waals surface area contributed by atoms with Crippen LogP contribution in [0.15, 0.2) is 0 Å². The fraction of sp³-hybridized carbons (Fsp3) is 0.900. The molecular formula is C10H16O2S. The summed E-state index contributed by atoms with van der Waals surface area (Å²) in [5, 5.41) is 9.13. The number of carboxylic acid groups (broad SMARTS) is 1. The van der Waals surface area contributed by atoms with Crippen molar-refractivity contribution < 1.29 is 9.90 Å². The summed E-state index contributed by atoms with van der Waals surface area (Å²) in [6.07, 6.45) is 4.73. The number of fused-ring (bicyclic) bond motifs is 3. The van der Waals surface area contributed by atoms with Gasteiger partial charge in [0.05, 0.1) is 5.92 Å². The number of rotatable bonds is 2. The fourth-order valence-electron chi connectivity index (χ4n) is 3.22. The molecule has 2 bridgehead atoms. The molecule has 0 aromatic heterocycles. The van der Waals surface area contributed by atoms with Crippen LogP contribution in [0.2, 0.25) is 0 Å². The SMILES string of the molecule is O=C(O)[C@H]1C2CCC(CC2)[C@H]1CS. The number of carboxylic acids is 1. The smallest absolute Gasteiger partial charge is 0.307 e. The summed E-state index contributed by atoms with van der Waals surface area (Å²) in [6.45, 7) is 0. The van der Waals surface area contributed by atoms with Crippen LogP contribution in [0.3, 0.4) is 0 Å². The molecule has 3 saturated carbocycles. The molecule has 3 heteroatoms. The minimum atomic E-state index is -0.589. The third-order valence-electron chi connectivity index (χ3n) is 3.89. The quantitative estimate of drug-likeness (QED) is 0.669. The zero-order valence-corrected chi connectivity index (χ0v) is 8.54. The van der Waals surface area contributed by atoms with Gasteiger partial charge in [0.15, 0.2) is 0 Å². The highest BCUT2D eigenvalue weighted by Gasteiger charge is 2.46. The Bertz CT molecular complexity index is 209. The van der Waals surface area contributed by atoms with E-state index >= 15 is 0 Å². The molecule has 0 amide bonds. The molecule has 3 aliphatic carbocycles. The van der Waals surface area contributed by atoms with Crippen molar-refractivity contribution in [1.29, 1.82) is 0 Å². The van der Waals surface area contributed by atoms with E-state index in [0.717, 1.165) is 18.6 Å². The van der Waals surface area contributed by atoms with E-state index in [2.05, 4.69) is 12.6 Å². The lowest BCUT2D eigenvalue weighted by Crippen LogP contribution is -2.44. The van der Waals surface area contributed by atoms with Crippen molar-refractivity contribution >= 4 is 18.6 Å². The van der Waals surface area contributed by atoms with E-state index in [-0.39, 0.29) is 5.92 Å². The molecule has 2 atom stereocenters. The normalized spacial score (nSPS) is 43.5. The maximum Gasteiger partial charge on any atom is 0.307 e. The molecule has 13 heavy (non-hydrogen) atoms. The lowest BCUT2D eigenvalue weighted by Gasteiger charge is -2.46. The summed E-state index contributed by atoms with van der Waals surface area (Å²) < 4.78 is 0. The van der Waals surface area contributed by atoms with Gasteiger partial charge >= 0.3 is 5.97 Å². The van der Waals surface area contributed by atoms with E-state index < -0.39 is 5.97 Å². The Morgan fingerprint density at radius 3 is 2.15 bits per heavy atom. The molecule has 2 nitrogen and oxygen atoms in total. The van der Waals surface area contributed by atoms with Crippen LogP contribution in [0.25, 0.3) is 0 Å². The Balaban J connectivity index is 2.18. The van der Waals surface area contributed by atoms with E-state index in [1.165, 1.54) is 12.8 Å². The highest BCUT2D eigenvalue weighted by atomic mass is 32.1. The summed E-state index contributed by atoms with van der Waals surface area (Å²) in [5.74, 6) is 1.49. The molecule has 74 valence electrons. The molecule has 0 radical (unpaired) electrons. The fourth-order valence-corrected chi connectivity index (χ4v) is 3.75. The van der Waals surface area contributed by atoms with Crippen molar-refractivity contribution in [2.45, 2.75) is 25.7 Å². The number of carbonyl (C=O) groups is 1. The van der Waals surface area contributed by atoms with Gasteiger partial charge in [-0.1, -0.05) is 0 Å². The molecule has 0 aliphatic heterocycles. The van der Waals surface area contributed by atoms with Crippen molar-refractivity contribution in [2.75, 3.05) is 5.75 Å². The summed E-state index contributed by atoms with van der Waals surface area (Å²) in [6, 6.07) is 0. The van der Waals surface area contributed by atoms with Crippen LogP contribution in [0.1, 0.15) is 25.7 Å². The Labute approximate surface area is 84.1 Å². The number of hydrogen-bond donors (Lipinski definition) is 2. The average molecular weight is 200 g/mol. The highest BCUT2D eigenvalue weighted by molar-refractivity contribution is 7.80. The van der Waals surface area contributed by atoms with Gasteiger partial charge in [-0.2, -0.15) is 12.6 Å². The maximum absolute atomic E-state index is 11.1. The van der Waals surface area contributed by atoms with Gasteiger partial charge in [0.2, 0.25) is 0 Å². The minimum Gasteiger partial charge on any atom is -0.481 e. The Morgan fingerprint density at radius 2 is 1.77 bits per heavy atom. The number of hydrogen-bond acceptors (Lipinski definition) is 2. The Kier molecular flexibility index (Phi) is 2.54. The second-order valence-electron chi connectivity index (χ2n) is 4.39. The summed E-state index contributed by atoms with van der Waals surface area (Å²) in [7, 11) is 0. The molecule has 0 aromatic carbocycles. The maximum atomic E-state index is 11.1. The van der Waals surface area contributed by atoms with Crippen LogP contribution in [0.4, 0.5) is 0 Å². The first-order chi connectivity index (χ1) is 6.24. The van der Waals surface area contributed by atoms with Gasteiger partial charge in [-0.3, -0.25) is 4.79 Å². The molecule has 0 heterocycles. The zero-order valence-electron chi connectivity index (χ0n) is 7.65. The largest absolute Gasteiger partial charge is 0.481 e. The van der Waals surface area contributed by atoms with Crippen LogP contribution in [0.5, 0.6) is 0 Å². The van der Waals surface area contributed by atoms with E-state index in [9.17, 15) is 4.79 Å². The first-order valence-corrected chi connectivity index (χ1v) is 5.71. The lowest BCUT2D eigenvalue weighted by atomic mass is 9.59. The third kappa shape index (κ3) is 1.47. The van der Waals surface area contributed by atoms with E-state index in [4.69, 9.17) is 5.11 Å². The minimum absolute atomic E-state index is 0.0926. The van der Waals surface area contributed by atoms with Gasteiger partial charge in [0.25, 0.3) is 0 Å². The predicted molar refractivity (Wildman–Crippen MR) is 53.9 cm³/mol. The predicted octanol–water partition coefficient (Wildman–Crippen LogP) is 2.05. The van der Waals surface area contributed by atoms with E-state index in [1.54, 1.807) is 0 Å². The van der Waals surface area contributed by atoms with Crippen molar-refractivity contribution in [3.05, 3.63) is 0 Å². The average Bonchev–Trinajstić information content (AvgIpc) is 2.17. The van der Waals surface area contributed by atoms with E-state index in [0.29, 0.717) is 17.8 Å². The molecular weight excluding hydrogens is 184 g/mol. The topological polar surface area (TPSA) is 37.3 Å². The highest BCUT2D eigenvalue weighted by Crippen LogP contribution is 2.49. The third-order valence-corrected chi connectivity index (χ3v) is 4.31. The van der Waals surface area contributed by atoms with Gasteiger partial charge in [-0.25, -0.2) is 0 Å². The van der Waals surface area contributed by atoms with Crippen molar-refractivity contribution in [1.82, 2.24) is 0 Å². The number of aliphatic carboxylic acids is 1. The Morgan fingerprint density at radius 1 is 1.23 bits per heavy atom. The van der Waals surface area contributed by atoms with Crippen LogP contribution in [-0.2, 0) is 4.79 Å². The molecule has 0 aromatic rings. The molecule has 0 saturated heterocycles. The van der Waals surface area contributed by atoms with Crippen LogP contribution < -0.4 is 0 Å². The molecule has 3 rings (SSSR count). The molecule has 0 unspecified atom stereocenters. The van der Waals surface area contributed by atoms with Crippen molar-refractivity contribution in [3.8, 4) is 0 Å². The van der Waals surface area contributed by atoms with Crippen LogP contribution >= 0.6 is 12.6 Å². The van der Waals surface area contributed by atoms with Gasteiger partial charge in [0.1, 0.15) is 0 Å². The standard InChI is InChI=1S/C10H16O2S/c11-10(12)9-7-3-1-6(2-4-7)8(9)5-13/h6-9,13H,1-5H2,(H,11,12)/t6?,7?,8-,9+/m1/s1. The van der Waals surface area contributed by atoms with Crippen LogP contribution in [0, 0.1) is 23.7 Å².